The highest BCUT2D eigenvalue weighted by Crippen LogP contribution is 2.06. The molecule has 0 radical (unpaired) electrons. The number of aryl methyl sites for hydroxylation is 1. The number of carbonyl (C=O) groups is 1. The molecule has 0 bridgehead atoms. The largest absolute Gasteiger partial charge is 0.481 e. The monoisotopic (exact) mass is 230 g/mol. The second kappa shape index (κ2) is 3.93. The lowest BCUT2D eigenvalue weighted by molar-refractivity contribution is -0.136. The molecule has 1 heterocycles. The number of aromatic nitrogens is 2. The first-order valence-corrected chi connectivity index (χ1v) is 5.94. The second-order valence-corrected chi connectivity index (χ2v) is 5.04. The van der Waals surface area contributed by atoms with E-state index in [2.05, 4.69) is 9.97 Å². The third kappa shape index (κ3) is 3.28. The Balaban J connectivity index is 3.23. The summed E-state index contributed by atoms with van der Waals surface area (Å²) < 4.78 is 22.3. The van der Waals surface area contributed by atoms with E-state index >= 15 is 0 Å². The van der Waals surface area contributed by atoms with Crippen LogP contribution in [0.3, 0.4) is 0 Å². The molecule has 0 aliphatic carbocycles. The van der Waals surface area contributed by atoms with Gasteiger partial charge in [0.1, 0.15) is 0 Å². The zero-order chi connectivity index (χ0) is 11.6. The van der Waals surface area contributed by atoms with Gasteiger partial charge in [0, 0.05) is 11.9 Å². The van der Waals surface area contributed by atoms with Crippen molar-refractivity contribution in [1.82, 2.24) is 9.97 Å². The minimum Gasteiger partial charge on any atom is -0.481 e. The minimum atomic E-state index is -3.50. The van der Waals surface area contributed by atoms with Crippen LogP contribution in [-0.4, -0.2) is 35.7 Å². The van der Waals surface area contributed by atoms with Gasteiger partial charge in [0.25, 0.3) is 0 Å². The molecule has 0 spiro atoms. The average molecular weight is 230 g/mol. The molecule has 0 aliphatic heterocycles. The van der Waals surface area contributed by atoms with Crippen molar-refractivity contribution >= 4 is 15.8 Å². The van der Waals surface area contributed by atoms with Crippen LogP contribution < -0.4 is 0 Å². The topological polar surface area (TPSA) is 97.2 Å². The molecule has 0 unspecified atom stereocenters. The number of hydrogen-bond acceptors (Lipinski definition) is 5. The van der Waals surface area contributed by atoms with Crippen LogP contribution in [0.2, 0.25) is 0 Å². The lowest BCUT2D eigenvalue weighted by Gasteiger charge is -2.02. The van der Waals surface area contributed by atoms with Crippen molar-refractivity contribution in [3.05, 3.63) is 17.5 Å². The number of carboxylic acids is 1. The molecule has 0 fully saturated rings. The Bertz CT molecular complexity index is 495. The van der Waals surface area contributed by atoms with Gasteiger partial charge >= 0.3 is 5.97 Å². The Kier molecular flexibility index (Phi) is 3.04. The highest BCUT2D eigenvalue weighted by molar-refractivity contribution is 7.90. The van der Waals surface area contributed by atoms with Crippen molar-refractivity contribution in [3.8, 4) is 0 Å². The van der Waals surface area contributed by atoms with Crippen LogP contribution in [0.5, 0.6) is 0 Å². The molecule has 82 valence electrons. The number of hydrogen-bond donors (Lipinski definition) is 1. The highest BCUT2D eigenvalue weighted by Gasteiger charge is 2.14. The summed E-state index contributed by atoms with van der Waals surface area (Å²) in [7, 11) is -3.50. The SMILES string of the molecule is Cc1cc(CC(=O)O)nc(S(C)(=O)=O)n1. The standard InChI is InChI=1S/C8H10N2O4S/c1-5-3-6(4-7(11)12)10-8(9-5)15(2,13)14/h3H,4H2,1-2H3,(H,11,12). The molecule has 0 atom stereocenters. The molecule has 0 aromatic carbocycles. The number of nitrogens with zero attached hydrogens (tertiary/aromatic N) is 2. The summed E-state index contributed by atoms with van der Waals surface area (Å²) in [4.78, 5) is 17.8. The Morgan fingerprint density at radius 3 is 2.53 bits per heavy atom. The van der Waals surface area contributed by atoms with Crippen LogP contribution in [0.25, 0.3) is 0 Å². The fourth-order valence-electron chi connectivity index (χ4n) is 1.02. The molecule has 0 saturated carbocycles. The molecule has 7 heteroatoms. The molecule has 1 N–H and O–H groups in total. The van der Waals surface area contributed by atoms with Crippen molar-refractivity contribution in [3.63, 3.8) is 0 Å². The van der Waals surface area contributed by atoms with Crippen molar-refractivity contribution in [2.75, 3.05) is 6.26 Å². The quantitative estimate of drug-likeness (QED) is 0.723. The van der Waals surface area contributed by atoms with Gasteiger partial charge in [-0.15, -0.1) is 0 Å². The van der Waals surface area contributed by atoms with Crippen LogP contribution >= 0.6 is 0 Å². The molecular formula is C8H10N2O4S. The van der Waals surface area contributed by atoms with Gasteiger partial charge in [-0.2, -0.15) is 0 Å². The van der Waals surface area contributed by atoms with E-state index in [0.29, 0.717) is 5.69 Å². The molecule has 6 nitrogen and oxygen atoms in total. The predicted molar refractivity (Wildman–Crippen MR) is 51.2 cm³/mol. The Morgan fingerprint density at radius 1 is 1.47 bits per heavy atom. The van der Waals surface area contributed by atoms with Gasteiger partial charge in [-0.1, -0.05) is 0 Å². The number of aliphatic carboxylic acids is 1. The summed E-state index contributed by atoms with van der Waals surface area (Å²) >= 11 is 0. The summed E-state index contributed by atoms with van der Waals surface area (Å²) in [6, 6.07) is 1.45. The van der Waals surface area contributed by atoms with Gasteiger partial charge in [-0.25, -0.2) is 18.4 Å². The van der Waals surface area contributed by atoms with Crippen LogP contribution in [0.15, 0.2) is 11.2 Å². The molecule has 1 aromatic rings. The zero-order valence-electron chi connectivity index (χ0n) is 8.26. The smallest absolute Gasteiger partial charge is 0.309 e. The lowest BCUT2D eigenvalue weighted by Crippen LogP contribution is -2.10. The third-order valence-electron chi connectivity index (χ3n) is 1.55. The Labute approximate surface area is 86.9 Å². The van der Waals surface area contributed by atoms with E-state index in [0.717, 1.165) is 6.26 Å². The van der Waals surface area contributed by atoms with Crippen LogP contribution in [0.4, 0.5) is 0 Å². The third-order valence-corrected chi connectivity index (χ3v) is 2.40. The molecular weight excluding hydrogens is 220 g/mol. The summed E-state index contributed by atoms with van der Waals surface area (Å²) in [5.74, 6) is -1.06. The maximum atomic E-state index is 11.2. The molecule has 1 rings (SSSR count). The van der Waals surface area contributed by atoms with E-state index in [-0.39, 0.29) is 17.3 Å². The van der Waals surface area contributed by atoms with Crippen LogP contribution in [0, 0.1) is 6.92 Å². The fraction of sp³-hybridized carbons (Fsp3) is 0.375. The molecule has 0 amide bonds. The summed E-state index contributed by atoms with van der Waals surface area (Å²) in [5, 5.41) is 8.21. The van der Waals surface area contributed by atoms with Crippen molar-refractivity contribution < 1.29 is 18.3 Å². The normalized spacial score (nSPS) is 11.3. The second-order valence-electron chi connectivity index (χ2n) is 3.13. The van der Waals surface area contributed by atoms with Crippen molar-refractivity contribution in [2.24, 2.45) is 0 Å². The first kappa shape index (κ1) is 11.6. The van der Waals surface area contributed by atoms with Gasteiger partial charge < -0.3 is 5.11 Å². The van der Waals surface area contributed by atoms with Crippen LogP contribution in [0.1, 0.15) is 11.4 Å². The van der Waals surface area contributed by atoms with Gasteiger partial charge in [-0.3, -0.25) is 4.79 Å². The number of rotatable bonds is 3. The predicted octanol–water partition coefficient (Wildman–Crippen LogP) is -0.184. The molecule has 1 aromatic heterocycles. The average Bonchev–Trinajstić information content (AvgIpc) is 1.99. The fourth-order valence-corrected chi connectivity index (χ4v) is 1.61. The van der Waals surface area contributed by atoms with Gasteiger partial charge in [0.2, 0.25) is 15.0 Å². The summed E-state index contributed by atoms with van der Waals surface area (Å²) in [6.45, 7) is 1.59. The van der Waals surface area contributed by atoms with E-state index in [4.69, 9.17) is 5.11 Å². The van der Waals surface area contributed by atoms with Gasteiger partial charge in [0.05, 0.1) is 12.1 Å². The van der Waals surface area contributed by atoms with Crippen LogP contribution in [-0.2, 0) is 21.1 Å². The van der Waals surface area contributed by atoms with E-state index < -0.39 is 15.8 Å². The van der Waals surface area contributed by atoms with E-state index in [1.807, 2.05) is 0 Å². The minimum absolute atomic E-state index is 0.190. The zero-order valence-corrected chi connectivity index (χ0v) is 9.08. The number of sulfone groups is 1. The first-order valence-electron chi connectivity index (χ1n) is 4.05. The molecule has 0 aliphatic rings. The van der Waals surface area contributed by atoms with E-state index in [1.165, 1.54) is 6.07 Å². The maximum absolute atomic E-state index is 11.2. The highest BCUT2D eigenvalue weighted by atomic mass is 32.2. The summed E-state index contributed by atoms with van der Waals surface area (Å²) in [5.41, 5.74) is 0.622. The van der Waals surface area contributed by atoms with Crippen molar-refractivity contribution in [1.29, 1.82) is 0 Å². The van der Waals surface area contributed by atoms with Gasteiger partial charge in [0.15, 0.2) is 0 Å². The number of carboxylic acid groups (broad SMARTS) is 1. The lowest BCUT2D eigenvalue weighted by atomic mass is 10.3. The van der Waals surface area contributed by atoms with E-state index in [9.17, 15) is 13.2 Å². The molecule has 15 heavy (non-hydrogen) atoms. The molecule has 0 saturated heterocycles. The van der Waals surface area contributed by atoms with Crippen molar-refractivity contribution in [2.45, 2.75) is 18.5 Å². The Hall–Kier alpha value is -1.50. The first-order chi connectivity index (χ1) is 6.79. The maximum Gasteiger partial charge on any atom is 0.309 e. The van der Waals surface area contributed by atoms with Gasteiger partial charge in [-0.05, 0) is 13.0 Å². The summed E-state index contributed by atoms with van der Waals surface area (Å²) in [6.07, 6.45) is 0.665. The van der Waals surface area contributed by atoms with E-state index in [1.54, 1.807) is 6.92 Å². The Morgan fingerprint density at radius 2 is 2.07 bits per heavy atom.